The number of unbranched alkanes of at least 4 members (excludes halogenated alkanes) is 16. The van der Waals surface area contributed by atoms with E-state index in [9.17, 15) is 0 Å². The molecule has 107 heavy (non-hydrogen) atoms. The molecule has 625 valence electrons. The van der Waals surface area contributed by atoms with Gasteiger partial charge in [0.2, 0.25) is 0 Å². The van der Waals surface area contributed by atoms with Crippen LogP contribution in [-0.2, 0) is 211 Å². The molecule has 0 atom stereocenters. The van der Waals surface area contributed by atoms with Gasteiger partial charge in [-0.15, -0.1) is 0 Å². The van der Waals surface area contributed by atoms with Crippen LogP contribution in [0.25, 0.3) is 0 Å². The van der Waals surface area contributed by atoms with Gasteiger partial charge in [-0.05, 0) is 79.1 Å². The molecule has 38 heteroatoms. The fraction of sp³-hybridized carbons (Fsp3) is 0.841. The maximum atomic E-state index is 5.06. The molecule has 0 bridgehead atoms. The van der Waals surface area contributed by atoms with Gasteiger partial charge in [-0.1, -0.05) is 206 Å². The first-order valence-corrected chi connectivity index (χ1v) is 44.7. The van der Waals surface area contributed by atoms with Gasteiger partial charge in [0.15, 0.2) is 0 Å². The predicted octanol–water partition coefficient (Wildman–Crippen LogP) is 17.5. The SMILES string of the molecule is CCCCCN(CCCCC)C(=S)[S-].CCCCCN(CCCCC)C(=S)[S-].CCCCCN(CCCCC)C(=S)[S-].CCCCCN(CCCCC)C(=S)[S-].CCN(CC)C(=S)[S-].CCN(CC)C(=S)[S-].CN(C)C(=S)[S-].CN(C)C(=S)[S-].CN(C)C(=S)[S-].CN(C)C(=S)[S-].CN(C)C(=S)[S-].[Bi+3].[Cd+2].[Cd+2].[Cu+2].[Pb+2]. The van der Waals surface area contributed by atoms with Crippen molar-refractivity contribution in [2.24, 2.45) is 0 Å². The van der Waals surface area contributed by atoms with Crippen molar-refractivity contribution in [2.45, 2.75) is 237 Å². The maximum absolute atomic E-state index is 5.06. The van der Waals surface area contributed by atoms with E-state index >= 15 is 0 Å². The Morgan fingerprint density at radius 2 is 0.280 bits per heavy atom. The minimum absolute atomic E-state index is 0. The van der Waals surface area contributed by atoms with Crippen molar-refractivity contribution in [3.05, 3.63) is 0 Å². The number of hydrogen-bond acceptors (Lipinski definition) is 22. The molecule has 0 aromatic carbocycles. The van der Waals surface area contributed by atoms with Crippen molar-refractivity contribution in [1.82, 2.24) is 53.9 Å². The first kappa shape index (κ1) is 150. The Labute approximate surface area is 872 Å². The van der Waals surface area contributed by atoms with Gasteiger partial charge in [0, 0.05) is 149 Å². The molecule has 0 spiro atoms. The summed E-state index contributed by atoms with van der Waals surface area (Å²) in [6, 6.07) is 0. The van der Waals surface area contributed by atoms with Crippen molar-refractivity contribution in [1.29, 1.82) is 0 Å². The Morgan fingerprint density at radius 1 is 0.196 bits per heavy atom. The van der Waals surface area contributed by atoms with Crippen molar-refractivity contribution >= 4 is 374 Å². The van der Waals surface area contributed by atoms with Gasteiger partial charge in [0.05, 0.1) is 0 Å². The average molecular weight is 2530 g/mol. The van der Waals surface area contributed by atoms with Crippen molar-refractivity contribution in [2.75, 3.05) is 149 Å². The smallest absolute Gasteiger partial charge is 0.411 e. The monoisotopic (exact) mass is 2530 g/mol. The van der Waals surface area contributed by atoms with Gasteiger partial charge in [0.1, 0.15) is 0 Å². The van der Waals surface area contributed by atoms with E-state index in [-0.39, 0.29) is 125 Å². The van der Waals surface area contributed by atoms with E-state index in [0.717, 1.165) is 78.5 Å². The Bertz CT molecular complexity index is 1710. The normalized spacial score (nSPS) is 8.77. The van der Waals surface area contributed by atoms with Crippen LogP contribution in [0.1, 0.15) is 237 Å². The van der Waals surface area contributed by atoms with E-state index in [2.05, 4.69) is 199 Å². The van der Waals surface area contributed by atoms with Crippen LogP contribution >= 0.6 is 134 Å². The summed E-state index contributed by atoms with van der Waals surface area (Å²) in [4.78, 5) is 21.2. The zero-order valence-corrected chi connectivity index (χ0v) is 104. The number of hydrogen-bond donors (Lipinski definition) is 0. The maximum Gasteiger partial charge on any atom is 3.00 e. The van der Waals surface area contributed by atoms with Crippen molar-refractivity contribution in [3.8, 4) is 0 Å². The summed E-state index contributed by atoms with van der Waals surface area (Å²) >= 11 is 105. The molecule has 0 aliphatic carbocycles. The molecule has 0 N–H and O–H groups in total. The zero-order valence-electron chi connectivity index (χ0n) is 69.5. The molecule has 0 aromatic rings. The molecular formula is C69H138BiCd2CuN11PbS22. The molecule has 0 saturated heterocycles. The second-order valence-electron chi connectivity index (χ2n) is 23.3. The van der Waals surface area contributed by atoms with E-state index in [1.165, 1.54) is 154 Å². The van der Waals surface area contributed by atoms with Crippen LogP contribution in [0.2, 0.25) is 0 Å². The second kappa shape index (κ2) is 118. The minimum atomic E-state index is 0. The van der Waals surface area contributed by atoms with Gasteiger partial charge in [-0.25, -0.2) is 0 Å². The third-order valence-corrected chi connectivity index (χ3v) is 19.9. The van der Waals surface area contributed by atoms with Crippen LogP contribution < -0.4 is 0 Å². The Balaban J connectivity index is -0.0000000616. The third kappa shape index (κ3) is 141. The summed E-state index contributed by atoms with van der Waals surface area (Å²) in [7, 11) is 18.3. The molecule has 0 amide bonds. The number of rotatable bonds is 36. The summed E-state index contributed by atoms with van der Waals surface area (Å²) in [6.07, 6.45) is 30.1. The van der Waals surface area contributed by atoms with Crippen LogP contribution in [0.3, 0.4) is 0 Å². The topological polar surface area (TPSA) is 35.6 Å². The van der Waals surface area contributed by atoms with Crippen LogP contribution in [0.4, 0.5) is 0 Å². The van der Waals surface area contributed by atoms with Crippen LogP contribution in [0, 0.1) is 0 Å². The molecule has 0 aliphatic rings. The van der Waals surface area contributed by atoms with Gasteiger partial charge in [-0.3, -0.25) is 0 Å². The largest absolute Gasteiger partial charge is 3.00 e. The summed E-state index contributed by atoms with van der Waals surface area (Å²) in [6.45, 7) is 38.1. The molecule has 0 aliphatic heterocycles. The average Bonchev–Trinajstić information content (AvgIpc) is 0.998. The Hall–Kier alpha value is 5.38. The van der Waals surface area contributed by atoms with E-state index in [1.807, 2.05) is 108 Å². The molecule has 0 unspecified atom stereocenters. The molecule has 0 aromatic heterocycles. The van der Waals surface area contributed by atoms with E-state index < -0.39 is 0 Å². The van der Waals surface area contributed by atoms with Gasteiger partial charge in [-0.2, -0.15) is 0 Å². The summed E-state index contributed by atoms with van der Waals surface area (Å²) in [5.41, 5.74) is 0. The van der Waals surface area contributed by atoms with Crippen LogP contribution in [0.15, 0.2) is 0 Å². The molecule has 0 saturated carbocycles. The zero-order chi connectivity index (χ0) is 82.2. The number of thiocarbonyl (C=S) groups is 11. The Morgan fingerprint density at radius 3 is 0.318 bits per heavy atom. The molecule has 0 rings (SSSR count). The third-order valence-electron chi connectivity index (χ3n) is 13.2. The fourth-order valence-electron chi connectivity index (χ4n) is 6.56. The van der Waals surface area contributed by atoms with Gasteiger partial charge >= 0.3 is 125 Å². The minimum Gasteiger partial charge on any atom is -0.411 e. The molecular weight excluding hydrogens is 2390 g/mol. The first-order chi connectivity index (χ1) is 47.5. The first-order valence-electron chi connectivity index (χ1n) is 35.7. The fourth-order valence-corrected chi connectivity index (χ4v) is 9.06. The van der Waals surface area contributed by atoms with Crippen LogP contribution in [-0.4, -0.2) is 304 Å². The Kier molecular flexibility index (Phi) is 165. The number of nitrogens with zero attached hydrogens (tertiary/aromatic N) is 11. The molecule has 11 nitrogen and oxygen atoms in total. The van der Waals surface area contributed by atoms with Crippen molar-refractivity contribution < 1.29 is 71.7 Å². The van der Waals surface area contributed by atoms with Crippen molar-refractivity contribution in [3.63, 3.8) is 0 Å². The van der Waals surface area contributed by atoms with E-state index in [0.29, 0.717) is 47.5 Å². The quantitative estimate of drug-likeness (QED) is 0.0258. The van der Waals surface area contributed by atoms with Crippen LogP contribution in [0.5, 0.6) is 0 Å². The second-order valence-corrected chi connectivity index (χ2v) is 34.7. The molecule has 5 radical (unpaired) electrons. The van der Waals surface area contributed by atoms with E-state index in [4.69, 9.17) is 149 Å². The standard InChI is InChI=1S/4C11H23NS2.2C5H11NS2.5C3H7NS2.Bi.2Cd.Cu.Pb/c4*1-3-5-7-9-12(11(13)14)10-8-6-4-2;2*1-3-6(4-2)5(7)8;5*1-4(2)3(5)6;;;;;/h4*3-10H2,1-2H3,(H,13,14);2*3-4H2,1-2H3,(H,7,8);5*1-2H3,(H,5,6);;;;;/q;;;;;;;;;;;+3;4*+2/p-11. The summed E-state index contributed by atoms with van der Waals surface area (Å²) in [5, 5.41) is 0. The van der Waals surface area contributed by atoms with Gasteiger partial charge in [0.25, 0.3) is 0 Å². The molecule has 0 heterocycles. The van der Waals surface area contributed by atoms with E-state index in [1.54, 1.807) is 24.5 Å². The summed E-state index contributed by atoms with van der Waals surface area (Å²) < 4.78 is 6.30. The summed E-state index contributed by atoms with van der Waals surface area (Å²) in [5.74, 6) is 0. The predicted molar refractivity (Wildman–Crippen MR) is 548 cm³/mol. The molecule has 0 fully saturated rings. The van der Waals surface area contributed by atoms with Gasteiger partial charge < -0.3 is 327 Å².